The van der Waals surface area contributed by atoms with Crippen LogP contribution in [0.4, 0.5) is 0 Å². The lowest BCUT2D eigenvalue weighted by Gasteiger charge is -2.37. The molecular weight excluding hydrogens is 438 g/mol. The number of rotatable bonds is 7. The third-order valence-electron chi connectivity index (χ3n) is 6.12. The van der Waals surface area contributed by atoms with Crippen LogP contribution in [0.25, 0.3) is 0 Å². The first-order chi connectivity index (χ1) is 15.9. The zero-order chi connectivity index (χ0) is 23.5. The molecule has 0 aliphatic carbocycles. The summed E-state index contributed by atoms with van der Waals surface area (Å²) in [6, 6.07) is 5.83. The molecule has 1 amide bonds. The van der Waals surface area contributed by atoms with Crippen molar-refractivity contribution in [2.75, 3.05) is 19.8 Å². The summed E-state index contributed by atoms with van der Waals surface area (Å²) in [7, 11) is 0. The molecule has 0 spiro atoms. The van der Waals surface area contributed by atoms with Gasteiger partial charge in [-0.1, -0.05) is 35.5 Å². The lowest BCUT2D eigenvalue weighted by Crippen LogP contribution is -2.39. The van der Waals surface area contributed by atoms with E-state index in [0.29, 0.717) is 17.8 Å². The lowest BCUT2D eigenvalue weighted by molar-refractivity contribution is -0.139. The summed E-state index contributed by atoms with van der Waals surface area (Å²) in [5.41, 5.74) is 5.17. The number of aliphatic imine (C=N–C) groups is 1. The fourth-order valence-electron chi connectivity index (χ4n) is 4.45. The fraction of sp³-hybridized carbons (Fsp3) is 0.480. The Balaban J connectivity index is 1.64. The number of fused-ring (bicyclic) bond motifs is 1. The van der Waals surface area contributed by atoms with Crippen molar-refractivity contribution in [3.05, 3.63) is 57.3 Å². The quantitative estimate of drug-likeness (QED) is 0.605. The molecule has 1 N–H and O–H groups in total. The Kier molecular flexibility index (Phi) is 7.24. The van der Waals surface area contributed by atoms with Gasteiger partial charge in [0, 0.05) is 18.8 Å². The molecule has 3 aliphatic heterocycles. The first kappa shape index (κ1) is 23.6. The van der Waals surface area contributed by atoms with Gasteiger partial charge in [0.15, 0.2) is 5.17 Å². The maximum absolute atomic E-state index is 13.1. The highest BCUT2D eigenvalue weighted by molar-refractivity contribution is 8.16. The molecule has 176 valence electrons. The second-order valence-electron chi connectivity index (χ2n) is 8.59. The largest absolute Gasteiger partial charge is 0.463 e. The van der Waals surface area contributed by atoms with E-state index in [0.717, 1.165) is 47.0 Å². The van der Waals surface area contributed by atoms with Gasteiger partial charge >= 0.3 is 5.97 Å². The molecule has 3 aliphatic rings. The molecular formula is C25H31N3O4S. The second-order valence-corrected chi connectivity index (χ2v) is 9.43. The van der Waals surface area contributed by atoms with Gasteiger partial charge in [0.05, 0.1) is 36.4 Å². The van der Waals surface area contributed by atoms with E-state index >= 15 is 0 Å². The Hall–Kier alpha value is -2.58. The van der Waals surface area contributed by atoms with Crippen molar-refractivity contribution in [2.24, 2.45) is 4.99 Å². The van der Waals surface area contributed by atoms with E-state index in [1.54, 1.807) is 6.92 Å². The summed E-state index contributed by atoms with van der Waals surface area (Å²) in [5, 5.41) is 5.73. The van der Waals surface area contributed by atoms with Gasteiger partial charge in [-0.05, 0) is 57.1 Å². The number of aryl methyl sites for hydroxylation is 2. The Labute approximate surface area is 199 Å². The van der Waals surface area contributed by atoms with Crippen molar-refractivity contribution < 1.29 is 19.1 Å². The first-order valence-electron chi connectivity index (χ1n) is 11.5. The Morgan fingerprint density at radius 3 is 2.85 bits per heavy atom. The van der Waals surface area contributed by atoms with Gasteiger partial charge < -0.3 is 19.7 Å². The molecule has 33 heavy (non-hydrogen) atoms. The predicted molar refractivity (Wildman–Crippen MR) is 130 cm³/mol. The molecule has 3 heterocycles. The van der Waals surface area contributed by atoms with Crippen molar-refractivity contribution in [3.8, 4) is 0 Å². The molecule has 8 heteroatoms. The van der Waals surface area contributed by atoms with Crippen LogP contribution in [0.1, 0.15) is 55.8 Å². The van der Waals surface area contributed by atoms with E-state index in [-0.39, 0.29) is 31.0 Å². The van der Waals surface area contributed by atoms with Gasteiger partial charge in [0.25, 0.3) is 0 Å². The Morgan fingerprint density at radius 2 is 2.12 bits per heavy atom. The molecule has 2 atom stereocenters. The number of esters is 1. The highest BCUT2D eigenvalue weighted by Crippen LogP contribution is 2.45. The number of allylic oxidation sites excluding steroid dienone is 1. The molecule has 7 nitrogen and oxygen atoms in total. The van der Waals surface area contributed by atoms with Crippen LogP contribution in [0.2, 0.25) is 0 Å². The first-order valence-corrected chi connectivity index (χ1v) is 12.3. The summed E-state index contributed by atoms with van der Waals surface area (Å²) in [4.78, 5) is 32.6. The number of nitrogens with zero attached hydrogens (tertiary/aromatic N) is 2. The molecule has 0 aromatic heterocycles. The van der Waals surface area contributed by atoms with Crippen molar-refractivity contribution in [1.29, 1.82) is 0 Å². The number of amidine groups is 1. The maximum Gasteiger partial charge on any atom is 0.338 e. The maximum atomic E-state index is 13.1. The van der Waals surface area contributed by atoms with Crippen molar-refractivity contribution in [2.45, 2.75) is 59.1 Å². The van der Waals surface area contributed by atoms with E-state index in [4.69, 9.17) is 14.5 Å². The van der Waals surface area contributed by atoms with Crippen LogP contribution in [0.15, 0.2) is 45.6 Å². The number of carbonyl (C=O) groups is 2. The minimum Gasteiger partial charge on any atom is -0.463 e. The number of benzene rings is 1. The number of thioether (sulfide) groups is 1. The molecule has 0 unspecified atom stereocenters. The van der Waals surface area contributed by atoms with Crippen LogP contribution >= 0.6 is 11.8 Å². The van der Waals surface area contributed by atoms with Crippen molar-refractivity contribution >= 4 is 28.8 Å². The molecule has 0 radical (unpaired) electrons. The van der Waals surface area contributed by atoms with Crippen molar-refractivity contribution in [3.63, 3.8) is 0 Å². The van der Waals surface area contributed by atoms with Crippen LogP contribution in [-0.4, -0.2) is 47.8 Å². The number of nitrogens with one attached hydrogen (secondary N) is 1. The van der Waals surface area contributed by atoms with E-state index in [2.05, 4.69) is 23.5 Å². The predicted octanol–water partition coefficient (Wildman–Crippen LogP) is 4.13. The Morgan fingerprint density at radius 1 is 1.30 bits per heavy atom. The van der Waals surface area contributed by atoms with E-state index in [1.807, 2.05) is 31.1 Å². The molecule has 1 saturated heterocycles. The van der Waals surface area contributed by atoms with E-state index < -0.39 is 6.04 Å². The van der Waals surface area contributed by atoms with E-state index in [1.165, 1.54) is 11.8 Å². The number of hydrogen-bond donors (Lipinski definition) is 1. The van der Waals surface area contributed by atoms with Gasteiger partial charge in [-0.2, -0.15) is 0 Å². The topological polar surface area (TPSA) is 80.2 Å². The number of ether oxygens (including phenoxy) is 2. The van der Waals surface area contributed by atoms with E-state index in [9.17, 15) is 9.59 Å². The standard InChI is InChI=1S/C25H31N3O4S/c1-5-31-24(30)22-17(4)27-25-28(23(22)20-11-15(2)8-9-16(20)3)18(14-33-25)12-21(29)26-13-19-7-6-10-32-19/h8-9,11,14,19,23H,5-7,10,12-13H2,1-4H3,(H,26,29)/t19-,23-/m1/s1. The van der Waals surface area contributed by atoms with Crippen LogP contribution in [0.5, 0.6) is 0 Å². The van der Waals surface area contributed by atoms with Crippen LogP contribution in [0, 0.1) is 13.8 Å². The highest BCUT2D eigenvalue weighted by atomic mass is 32.2. The van der Waals surface area contributed by atoms with Gasteiger partial charge in [0.1, 0.15) is 0 Å². The normalized spacial score (nSPS) is 22.1. The summed E-state index contributed by atoms with van der Waals surface area (Å²) in [6.45, 7) is 9.29. The average molecular weight is 470 g/mol. The number of amides is 1. The fourth-order valence-corrected chi connectivity index (χ4v) is 5.41. The number of carbonyl (C=O) groups excluding carboxylic acids is 2. The highest BCUT2D eigenvalue weighted by Gasteiger charge is 2.41. The summed E-state index contributed by atoms with van der Waals surface area (Å²) >= 11 is 1.48. The zero-order valence-corrected chi connectivity index (χ0v) is 20.5. The molecule has 0 bridgehead atoms. The average Bonchev–Trinajstić information content (AvgIpc) is 3.43. The summed E-state index contributed by atoms with van der Waals surface area (Å²) < 4.78 is 11.0. The summed E-state index contributed by atoms with van der Waals surface area (Å²) in [5.74, 6) is -0.440. The second kappa shape index (κ2) is 10.1. The lowest BCUT2D eigenvalue weighted by atomic mass is 9.90. The monoisotopic (exact) mass is 469 g/mol. The minimum absolute atomic E-state index is 0.0673. The zero-order valence-electron chi connectivity index (χ0n) is 19.6. The molecule has 1 fully saturated rings. The van der Waals surface area contributed by atoms with Crippen LogP contribution < -0.4 is 5.32 Å². The minimum atomic E-state index is -0.399. The third-order valence-corrected chi connectivity index (χ3v) is 7.01. The van der Waals surface area contributed by atoms with Crippen molar-refractivity contribution in [1.82, 2.24) is 10.2 Å². The molecule has 0 saturated carbocycles. The van der Waals surface area contributed by atoms with Gasteiger partial charge in [-0.3, -0.25) is 4.79 Å². The summed E-state index contributed by atoms with van der Waals surface area (Å²) in [6.07, 6.45) is 2.31. The molecule has 1 aromatic carbocycles. The Bertz CT molecular complexity index is 1040. The van der Waals surface area contributed by atoms with Gasteiger partial charge in [-0.15, -0.1) is 0 Å². The van der Waals surface area contributed by atoms with Gasteiger partial charge in [0.2, 0.25) is 5.91 Å². The SMILES string of the molecule is CCOC(=O)C1=C(C)N=C2SC=C(CC(=O)NC[C@H]3CCCO3)N2[C@@H]1c1cc(C)ccc1C. The van der Waals surface area contributed by atoms with Crippen LogP contribution in [0.3, 0.4) is 0 Å². The molecule has 1 aromatic rings. The number of hydrogen-bond acceptors (Lipinski definition) is 7. The third kappa shape index (κ3) is 5.01. The molecule has 4 rings (SSSR count). The van der Waals surface area contributed by atoms with Crippen LogP contribution in [-0.2, 0) is 19.1 Å². The smallest absolute Gasteiger partial charge is 0.338 e. The van der Waals surface area contributed by atoms with Gasteiger partial charge in [-0.25, -0.2) is 9.79 Å².